The van der Waals surface area contributed by atoms with E-state index in [2.05, 4.69) is 18.6 Å². The van der Waals surface area contributed by atoms with Crippen LogP contribution in [0.3, 0.4) is 0 Å². The highest BCUT2D eigenvalue weighted by Crippen LogP contribution is 2.23. The molecular weight excluding hydrogens is 148 g/mol. The normalized spacial score (nSPS) is 15.8. The van der Waals surface area contributed by atoms with Crippen molar-refractivity contribution >= 4 is 0 Å². The van der Waals surface area contributed by atoms with Gasteiger partial charge in [0.1, 0.15) is 0 Å². The third-order valence-corrected chi connectivity index (χ3v) is 2.29. The molecule has 0 aliphatic heterocycles. The lowest BCUT2D eigenvalue weighted by Crippen LogP contribution is -2.01. The molecule has 1 nitrogen and oxygen atoms in total. The van der Waals surface area contributed by atoms with Gasteiger partial charge in [-0.05, 0) is 36.0 Å². The molecule has 2 rings (SSSR count). The molecular formula is C11H12O. The first-order valence-electron chi connectivity index (χ1n) is 4.36. The van der Waals surface area contributed by atoms with E-state index in [1.807, 2.05) is 6.07 Å². The van der Waals surface area contributed by atoms with Crippen LogP contribution in [0.1, 0.15) is 29.5 Å². The molecule has 1 aliphatic carbocycles. The summed E-state index contributed by atoms with van der Waals surface area (Å²) >= 11 is 0. The number of hydrogen-bond donors (Lipinski definition) is 1. The highest BCUT2D eigenvalue weighted by Gasteiger charge is 2.09. The summed E-state index contributed by atoms with van der Waals surface area (Å²) in [6.45, 7) is 0.146. The first-order chi connectivity index (χ1) is 5.90. The number of rotatable bonds is 1. The fourth-order valence-corrected chi connectivity index (χ4v) is 1.63. The third kappa shape index (κ3) is 1.37. The van der Waals surface area contributed by atoms with Gasteiger partial charge in [0, 0.05) is 6.42 Å². The third-order valence-electron chi connectivity index (χ3n) is 2.29. The van der Waals surface area contributed by atoms with E-state index in [9.17, 15) is 0 Å². The molecule has 1 aromatic rings. The zero-order valence-electron chi connectivity index (χ0n) is 7.01. The number of fused-ring (bicyclic) bond motifs is 1. The molecule has 0 saturated heterocycles. The lowest BCUT2D eigenvalue weighted by Gasteiger charge is -2.15. The Hall–Kier alpha value is -0.820. The lowest BCUT2D eigenvalue weighted by molar-refractivity contribution is 0.281. The molecule has 1 N–H and O–H groups in total. The van der Waals surface area contributed by atoms with Crippen molar-refractivity contribution < 1.29 is 5.11 Å². The van der Waals surface area contributed by atoms with Crippen LogP contribution in [0.5, 0.6) is 0 Å². The molecule has 1 aliphatic rings. The summed E-state index contributed by atoms with van der Waals surface area (Å²) in [6, 6.07) is 6.11. The number of aliphatic hydroxyl groups excluding tert-OH is 1. The van der Waals surface area contributed by atoms with Gasteiger partial charge in [0.25, 0.3) is 0 Å². The quantitative estimate of drug-likeness (QED) is 0.665. The Bertz CT molecular complexity index is 278. The van der Waals surface area contributed by atoms with Crippen LogP contribution in [0, 0.1) is 6.42 Å². The van der Waals surface area contributed by atoms with Gasteiger partial charge >= 0.3 is 0 Å². The van der Waals surface area contributed by atoms with Crippen molar-refractivity contribution in [2.24, 2.45) is 0 Å². The SMILES string of the molecule is OCc1ccc2c(c1)CCC[C]2. The molecule has 12 heavy (non-hydrogen) atoms. The molecule has 1 heteroatoms. The largest absolute Gasteiger partial charge is 0.392 e. The first kappa shape index (κ1) is 7.81. The second-order valence-electron chi connectivity index (χ2n) is 3.18. The minimum Gasteiger partial charge on any atom is -0.392 e. The van der Waals surface area contributed by atoms with Crippen LogP contribution in [0.2, 0.25) is 0 Å². The Morgan fingerprint density at radius 2 is 2.33 bits per heavy atom. The molecule has 62 valence electrons. The Balaban J connectivity index is 2.36. The van der Waals surface area contributed by atoms with Gasteiger partial charge in [0.15, 0.2) is 0 Å². The molecule has 0 saturated carbocycles. The standard InChI is InChI=1S/C11H12O/c12-8-9-5-6-10-3-1-2-4-11(10)7-9/h5-7,12H,1-2,4,8H2. The van der Waals surface area contributed by atoms with Gasteiger partial charge in [-0.1, -0.05) is 18.2 Å². The summed E-state index contributed by atoms with van der Waals surface area (Å²) in [7, 11) is 0. The maximum absolute atomic E-state index is 8.92. The van der Waals surface area contributed by atoms with Crippen molar-refractivity contribution in [2.75, 3.05) is 0 Å². The average Bonchev–Trinajstić information content (AvgIpc) is 2.17. The summed E-state index contributed by atoms with van der Waals surface area (Å²) in [6.07, 6.45) is 6.74. The number of hydrogen-bond acceptors (Lipinski definition) is 1. The van der Waals surface area contributed by atoms with Crippen LogP contribution in [0.25, 0.3) is 0 Å². The lowest BCUT2D eigenvalue weighted by atomic mass is 9.90. The number of aliphatic hydroxyl groups is 1. The van der Waals surface area contributed by atoms with Crippen LogP contribution in [0.4, 0.5) is 0 Å². The van der Waals surface area contributed by atoms with Crippen molar-refractivity contribution in [3.63, 3.8) is 0 Å². The van der Waals surface area contributed by atoms with E-state index in [0.717, 1.165) is 18.4 Å². The second-order valence-corrected chi connectivity index (χ2v) is 3.18. The fourth-order valence-electron chi connectivity index (χ4n) is 1.63. The first-order valence-corrected chi connectivity index (χ1v) is 4.36. The molecule has 0 unspecified atom stereocenters. The molecule has 1 aromatic carbocycles. The van der Waals surface area contributed by atoms with Crippen LogP contribution >= 0.6 is 0 Å². The minimum atomic E-state index is 0.146. The Morgan fingerprint density at radius 3 is 3.17 bits per heavy atom. The van der Waals surface area contributed by atoms with E-state index < -0.39 is 0 Å². The Labute approximate surface area is 73.0 Å². The van der Waals surface area contributed by atoms with Crippen molar-refractivity contribution in [1.82, 2.24) is 0 Å². The van der Waals surface area contributed by atoms with E-state index in [0.29, 0.717) is 0 Å². The smallest absolute Gasteiger partial charge is 0.0681 e. The van der Waals surface area contributed by atoms with Crippen molar-refractivity contribution in [2.45, 2.75) is 25.9 Å². The summed E-state index contributed by atoms with van der Waals surface area (Å²) < 4.78 is 0. The second kappa shape index (κ2) is 3.28. The maximum Gasteiger partial charge on any atom is 0.0681 e. The van der Waals surface area contributed by atoms with E-state index in [4.69, 9.17) is 5.11 Å². The molecule has 0 heterocycles. The summed E-state index contributed by atoms with van der Waals surface area (Å²) in [5.41, 5.74) is 3.59. The number of aryl methyl sites for hydroxylation is 1. The van der Waals surface area contributed by atoms with E-state index >= 15 is 0 Å². The summed E-state index contributed by atoms with van der Waals surface area (Å²) in [5.74, 6) is 0. The van der Waals surface area contributed by atoms with Crippen molar-refractivity contribution in [3.05, 3.63) is 41.3 Å². The Morgan fingerprint density at radius 1 is 1.42 bits per heavy atom. The van der Waals surface area contributed by atoms with Gasteiger partial charge in [0.2, 0.25) is 0 Å². The van der Waals surface area contributed by atoms with Crippen LogP contribution in [-0.2, 0) is 13.0 Å². The van der Waals surface area contributed by atoms with E-state index in [-0.39, 0.29) is 6.61 Å². The average molecular weight is 160 g/mol. The molecule has 0 amide bonds. The molecule has 0 atom stereocenters. The van der Waals surface area contributed by atoms with Gasteiger partial charge in [-0.25, -0.2) is 0 Å². The van der Waals surface area contributed by atoms with Crippen molar-refractivity contribution in [3.8, 4) is 0 Å². The van der Waals surface area contributed by atoms with Crippen LogP contribution in [-0.4, -0.2) is 5.11 Å². The maximum atomic E-state index is 8.92. The fraction of sp³-hybridized carbons (Fsp3) is 0.364. The zero-order valence-corrected chi connectivity index (χ0v) is 7.01. The van der Waals surface area contributed by atoms with Gasteiger partial charge < -0.3 is 5.11 Å². The van der Waals surface area contributed by atoms with Gasteiger partial charge in [-0.15, -0.1) is 0 Å². The zero-order chi connectivity index (χ0) is 8.39. The van der Waals surface area contributed by atoms with Crippen LogP contribution < -0.4 is 0 Å². The number of benzene rings is 1. The van der Waals surface area contributed by atoms with Crippen molar-refractivity contribution in [1.29, 1.82) is 0 Å². The van der Waals surface area contributed by atoms with E-state index in [1.54, 1.807) is 0 Å². The molecule has 0 fully saturated rings. The predicted octanol–water partition coefficient (Wildman–Crippen LogP) is 1.94. The van der Waals surface area contributed by atoms with Gasteiger partial charge in [-0.2, -0.15) is 0 Å². The molecule has 0 bridgehead atoms. The highest BCUT2D eigenvalue weighted by atomic mass is 16.3. The van der Waals surface area contributed by atoms with Gasteiger partial charge in [-0.3, -0.25) is 0 Å². The Kier molecular flexibility index (Phi) is 2.13. The predicted molar refractivity (Wildman–Crippen MR) is 47.6 cm³/mol. The molecule has 0 spiro atoms. The highest BCUT2D eigenvalue weighted by molar-refractivity contribution is 5.38. The topological polar surface area (TPSA) is 20.2 Å². The van der Waals surface area contributed by atoms with Gasteiger partial charge in [0.05, 0.1) is 6.61 Å². The minimum absolute atomic E-state index is 0.146. The van der Waals surface area contributed by atoms with Crippen LogP contribution in [0.15, 0.2) is 18.2 Å². The molecule has 2 radical (unpaired) electrons. The van der Waals surface area contributed by atoms with E-state index in [1.165, 1.54) is 17.5 Å². The summed E-state index contributed by atoms with van der Waals surface area (Å²) in [5, 5.41) is 8.92. The monoisotopic (exact) mass is 160 g/mol. The summed E-state index contributed by atoms with van der Waals surface area (Å²) in [4.78, 5) is 0. The molecule has 0 aromatic heterocycles.